The second-order valence-corrected chi connectivity index (χ2v) is 15.5. The number of nitrogens with one attached hydrogen (secondary N) is 4. The highest BCUT2D eigenvalue weighted by molar-refractivity contribution is 6.00. The molecule has 2 atom stereocenters. The predicted octanol–water partition coefficient (Wildman–Crippen LogP) is 6.23. The monoisotopic (exact) mass is 754 g/mol. The number of rotatable bonds is 13. The van der Waals surface area contributed by atoms with Crippen molar-refractivity contribution in [3.05, 3.63) is 112 Å². The van der Waals surface area contributed by atoms with Crippen molar-refractivity contribution in [3.8, 4) is 11.1 Å². The molecule has 5 heterocycles. The molecule has 0 spiro atoms. The van der Waals surface area contributed by atoms with E-state index in [-0.39, 0.29) is 17.9 Å². The lowest BCUT2D eigenvalue weighted by Gasteiger charge is -2.51. The summed E-state index contributed by atoms with van der Waals surface area (Å²) in [6, 6.07) is 23.1. The molecule has 11 nitrogen and oxygen atoms in total. The van der Waals surface area contributed by atoms with Gasteiger partial charge >= 0.3 is 0 Å². The van der Waals surface area contributed by atoms with Crippen molar-refractivity contribution in [2.24, 2.45) is 5.92 Å². The van der Waals surface area contributed by atoms with E-state index in [2.05, 4.69) is 94.5 Å². The van der Waals surface area contributed by atoms with Crippen LogP contribution in [0.25, 0.3) is 22.2 Å². The van der Waals surface area contributed by atoms with Crippen molar-refractivity contribution >= 4 is 28.5 Å². The fraction of sp³-hybridized carbons (Fsp3) is 0.422. The highest BCUT2D eigenvalue weighted by atomic mass is 16.5. The number of fused-ring (bicyclic) bond motifs is 2. The molecule has 3 saturated heterocycles. The number of carbonyl (C=O) groups excluding carboxylic acids is 2. The Labute approximate surface area is 329 Å². The molecular formula is C45H54N8O3. The van der Waals surface area contributed by atoms with Gasteiger partial charge in [0.25, 0.3) is 11.8 Å². The number of nitrogens with zero attached hydrogens (tertiary/aromatic N) is 4. The molecule has 11 heteroatoms. The van der Waals surface area contributed by atoms with E-state index in [0.717, 1.165) is 103 Å². The highest BCUT2D eigenvalue weighted by Gasteiger charge is 2.39. The number of carbonyl (C=O) groups is 2. The fourth-order valence-electron chi connectivity index (χ4n) is 8.59. The minimum Gasteiger partial charge on any atom is -0.381 e. The average Bonchev–Trinajstić information content (AvgIpc) is 3.65. The van der Waals surface area contributed by atoms with E-state index in [4.69, 9.17) is 9.72 Å². The third kappa shape index (κ3) is 8.07. The van der Waals surface area contributed by atoms with E-state index >= 15 is 0 Å². The van der Waals surface area contributed by atoms with Gasteiger partial charge in [-0.2, -0.15) is 5.10 Å². The molecular weight excluding hydrogens is 701 g/mol. The Hall–Kier alpha value is -5.10. The van der Waals surface area contributed by atoms with Gasteiger partial charge in [0.15, 0.2) is 5.65 Å². The maximum atomic E-state index is 13.6. The molecule has 0 saturated carbocycles. The Kier molecular flexibility index (Phi) is 11.4. The number of aromatic nitrogens is 3. The van der Waals surface area contributed by atoms with Crippen molar-refractivity contribution < 1.29 is 14.3 Å². The summed E-state index contributed by atoms with van der Waals surface area (Å²) >= 11 is 0. The first-order valence-electron chi connectivity index (χ1n) is 20.4. The average molecular weight is 755 g/mol. The predicted molar refractivity (Wildman–Crippen MR) is 221 cm³/mol. The summed E-state index contributed by atoms with van der Waals surface area (Å²) in [6.07, 6.45) is 5.67. The molecule has 8 rings (SSSR count). The number of benzene rings is 3. The Morgan fingerprint density at radius 3 is 2.45 bits per heavy atom. The zero-order valence-corrected chi connectivity index (χ0v) is 32.9. The summed E-state index contributed by atoms with van der Waals surface area (Å²) in [4.78, 5) is 34.7. The maximum absolute atomic E-state index is 13.6. The lowest BCUT2D eigenvalue weighted by atomic mass is 9.83. The molecule has 2 amide bonds. The van der Waals surface area contributed by atoms with Crippen molar-refractivity contribution in [1.29, 1.82) is 0 Å². The molecule has 3 aliphatic heterocycles. The van der Waals surface area contributed by atoms with E-state index in [1.165, 1.54) is 24.1 Å². The summed E-state index contributed by atoms with van der Waals surface area (Å²) in [5.74, 6) is 0.358. The zero-order valence-electron chi connectivity index (χ0n) is 32.9. The largest absolute Gasteiger partial charge is 0.381 e. The van der Waals surface area contributed by atoms with Crippen LogP contribution in [-0.2, 0) is 37.3 Å². The second-order valence-electron chi connectivity index (χ2n) is 15.5. The van der Waals surface area contributed by atoms with Crippen LogP contribution in [-0.4, -0.2) is 76.4 Å². The number of pyridine rings is 1. The zero-order chi connectivity index (χ0) is 38.6. The van der Waals surface area contributed by atoms with Gasteiger partial charge in [0.1, 0.15) is 0 Å². The lowest BCUT2D eigenvalue weighted by Crippen LogP contribution is -2.62. The Balaban J connectivity index is 0.927. The summed E-state index contributed by atoms with van der Waals surface area (Å²) < 4.78 is 7.53. The summed E-state index contributed by atoms with van der Waals surface area (Å²) in [5, 5.41) is 19.1. The molecule has 3 fully saturated rings. The first-order chi connectivity index (χ1) is 27.4. The topological polar surface area (TPSA) is 125 Å². The summed E-state index contributed by atoms with van der Waals surface area (Å²) in [6.45, 7) is 13.4. The number of aryl methyl sites for hydroxylation is 3. The van der Waals surface area contributed by atoms with Gasteiger partial charge in [0.05, 0.1) is 17.3 Å². The number of piperidine rings is 1. The maximum Gasteiger partial charge on any atom is 0.251 e. The van der Waals surface area contributed by atoms with Crippen LogP contribution < -0.4 is 21.3 Å². The first-order valence-corrected chi connectivity index (χ1v) is 20.4. The standard InChI is InChI=1S/C45H54N8O3/c1-4-40-38(42(50-37-15-18-56-19-16-37)39-25-49-53(5-2)43(39)51-40)24-48-45(55)34-11-7-10-33(22-34)44(54)47-23-36-21-32(13-12-29(36)3)31-9-6-8-30(20-31)27-52-28-35-14-17-46-26-41(35)52/h6-13,20-22,25,35,37,41,46H,4-5,14-19,23-24,26-28H2,1-3H3,(H,47,54)(H,48,55)(H,50,51)/t35?,41-/m1/s1. The van der Waals surface area contributed by atoms with Gasteiger partial charge in [-0.1, -0.05) is 43.3 Å². The Morgan fingerprint density at radius 1 is 0.911 bits per heavy atom. The summed E-state index contributed by atoms with van der Waals surface area (Å²) in [7, 11) is 0. The molecule has 1 unspecified atom stereocenters. The molecule has 2 aromatic heterocycles. The SMILES string of the molecule is CCc1nc2c(cnn2CC)c(NC2CCOCC2)c1CNC(=O)c1cccc(C(=O)NCc2cc(-c3cccc(CN4CC5CCNC[C@H]54)c3)ccc2C)c1. The van der Waals surface area contributed by atoms with Crippen LogP contribution in [0, 0.1) is 12.8 Å². The third-order valence-corrected chi connectivity index (χ3v) is 12.0. The van der Waals surface area contributed by atoms with Crippen LogP contribution in [0.15, 0.2) is 72.9 Å². The van der Waals surface area contributed by atoms with Crippen LogP contribution >= 0.6 is 0 Å². The van der Waals surface area contributed by atoms with Crippen LogP contribution in [0.4, 0.5) is 5.69 Å². The minimum absolute atomic E-state index is 0.227. The van der Waals surface area contributed by atoms with Crippen molar-refractivity contribution in [2.45, 2.75) is 84.7 Å². The van der Waals surface area contributed by atoms with Crippen molar-refractivity contribution in [1.82, 2.24) is 35.6 Å². The van der Waals surface area contributed by atoms with Crippen molar-refractivity contribution in [2.75, 3.05) is 38.2 Å². The number of hydrogen-bond donors (Lipinski definition) is 4. The molecule has 0 aliphatic carbocycles. The molecule has 3 aliphatic rings. The van der Waals surface area contributed by atoms with E-state index in [0.29, 0.717) is 36.7 Å². The summed E-state index contributed by atoms with van der Waals surface area (Å²) in [5.41, 5.74) is 10.4. The number of anilines is 1. The van der Waals surface area contributed by atoms with Gasteiger partial charge < -0.3 is 26.0 Å². The van der Waals surface area contributed by atoms with Gasteiger partial charge in [0.2, 0.25) is 0 Å². The van der Waals surface area contributed by atoms with Gasteiger partial charge in [-0.15, -0.1) is 0 Å². The molecule has 4 N–H and O–H groups in total. The number of ether oxygens (including phenoxy) is 1. The van der Waals surface area contributed by atoms with Gasteiger partial charge in [-0.25, -0.2) is 9.67 Å². The van der Waals surface area contributed by atoms with Crippen LogP contribution in [0.2, 0.25) is 0 Å². The molecule has 0 bridgehead atoms. The van der Waals surface area contributed by atoms with E-state index in [9.17, 15) is 9.59 Å². The lowest BCUT2D eigenvalue weighted by molar-refractivity contribution is -0.0114. The van der Waals surface area contributed by atoms with Crippen LogP contribution in [0.5, 0.6) is 0 Å². The highest BCUT2D eigenvalue weighted by Crippen LogP contribution is 2.33. The molecule has 3 aromatic carbocycles. The number of likely N-dealkylation sites (tertiary alicyclic amines) is 1. The normalized spacial score (nSPS) is 18.6. The van der Waals surface area contributed by atoms with Crippen LogP contribution in [0.3, 0.4) is 0 Å². The van der Waals surface area contributed by atoms with Gasteiger partial charge in [-0.3, -0.25) is 14.5 Å². The molecule has 5 aromatic rings. The van der Waals surface area contributed by atoms with E-state index in [1.54, 1.807) is 24.3 Å². The van der Waals surface area contributed by atoms with Gasteiger partial charge in [0, 0.05) is 87.0 Å². The molecule has 0 radical (unpaired) electrons. The number of amides is 2. The quantitative estimate of drug-likeness (QED) is 0.112. The van der Waals surface area contributed by atoms with Gasteiger partial charge in [-0.05, 0) is 110 Å². The smallest absolute Gasteiger partial charge is 0.251 e. The Bertz CT molecular complexity index is 2210. The second kappa shape index (κ2) is 17.0. The molecule has 292 valence electrons. The van der Waals surface area contributed by atoms with E-state index < -0.39 is 0 Å². The van der Waals surface area contributed by atoms with Crippen molar-refractivity contribution in [3.63, 3.8) is 0 Å². The molecule has 56 heavy (non-hydrogen) atoms. The first kappa shape index (κ1) is 37.8. The van der Waals surface area contributed by atoms with Crippen LogP contribution in [0.1, 0.15) is 81.8 Å². The van der Waals surface area contributed by atoms with E-state index in [1.807, 2.05) is 10.9 Å². The fourth-order valence-corrected chi connectivity index (χ4v) is 8.59. The minimum atomic E-state index is -0.252. The Morgan fingerprint density at radius 2 is 1.68 bits per heavy atom. The number of hydrogen-bond acceptors (Lipinski definition) is 8. The third-order valence-electron chi connectivity index (χ3n) is 12.0.